The molecule has 1 aromatic heterocycles. The number of amides is 1. The molecule has 0 atom stereocenters. The molecule has 2 aliphatic rings. The van der Waals surface area contributed by atoms with Gasteiger partial charge in [0.1, 0.15) is 6.54 Å². The van der Waals surface area contributed by atoms with E-state index in [1.807, 2.05) is 0 Å². The zero-order valence-electron chi connectivity index (χ0n) is 14.5. The molecule has 8 nitrogen and oxygen atoms in total. The second-order valence-corrected chi connectivity index (χ2v) is 6.43. The van der Waals surface area contributed by atoms with E-state index in [9.17, 15) is 9.59 Å². The Balaban J connectivity index is 1.55. The number of aromatic nitrogens is 2. The summed E-state index contributed by atoms with van der Waals surface area (Å²) in [5, 5.41) is 2.80. The number of hydrogen-bond acceptors (Lipinski definition) is 6. The van der Waals surface area contributed by atoms with Gasteiger partial charge in [-0.2, -0.15) is 0 Å². The first-order chi connectivity index (χ1) is 12.6. The Morgan fingerprint density at radius 3 is 2.77 bits per heavy atom. The lowest BCUT2D eigenvalue weighted by atomic mass is 10.2. The summed E-state index contributed by atoms with van der Waals surface area (Å²) in [7, 11) is 0. The number of fused-ring (bicyclic) bond motifs is 1. The highest BCUT2D eigenvalue weighted by Crippen LogP contribution is 2.34. The van der Waals surface area contributed by atoms with Gasteiger partial charge in [-0.25, -0.2) is 4.98 Å². The number of benzene rings is 1. The molecule has 1 amide bonds. The third-order valence-electron chi connectivity index (χ3n) is 4.46. The molecule has 0 saturated carbocycles. The molecule has 0 bridgehead atoms. The first-order valence-corrected chi connectivity index (χ1v) is 8.63. The minimum Gasteiger partial charge on any atom is -0.454 e. The molecule has 1 fully saturated rings. The Morgan fingerprint density at radius 2 is 1.96 bits per heavy atom. The fraction of sp³-hybridized carbons (Fsp3) is 0.389. The van der Waals surface area contributed by atoms with Crippen LogP contribution in [0.4, 0.5) is 11.6 Å². The van der Waals surface area contributed by atoms with Crippen molar-refractivity contribution < 1.29 is 14.3 Å². The Morgan fingerprint density at radius 1 is 1.19 bits per heavy atom. The maximum atomic E-state index is 12.5. The maximum absolute atomic E-state index is 12.5. The van der Waals surface area contributed by atoms with Crippen LogP contribution >= 0.6 is 0 Å². The Hall–Kier alpha value is -3.03. The topological polar surface area (TPSA) is 85.7 Å². The molecule has 4 rings (SSSR count). The van der Waals surface area contributed by atoms with E-state index in [1.165, 1.54) is 10.6 Å². The highest BCUT2D eigenvalue weighted by Gasteiger charge is 2.20. The fourth-order valence-electron chi connectivity index (χ4n) is 3.23. The van der Waals surface area contributed by atoms with Crippen molar-refractivity contribution in [2.24, 2.45) is 0 Å². The summed E-state index contributed by atoms with van der Waals surface area (Å²) in [4.78, 5) is 31.5. The highest BCUT2D eigenvalue weighted by atomic mass is 16.7. The van der Waals surface area contributed by atoms with Crippen LogP contribution in [0, 0.1) is 6.92 Å². The van der Waals surface area contributed by atoms with Crippen molar-refractivity contribution in [1.82, 2.24) is 9.55 Å². The predicted octanol–water partition coefficient (Wildman–Crippen LogP) is 1.52. The normalized spacial score (nSPS) is 15.3. The summed E-state index contributed by atoms with van der Waals surface area (Å²) in [5.41, 5.74) is 1.03. The summed E-state index contributed by atoms with van der Waals surface area (Å²) in [6.45, 7) is 3.57. The van der Waals surface area contributed by atoms with E-state index in [4.69, 9.17) is 9.47 Å². The molecule has 0 spiro atoms. The Labute approximate surface area is 150 Å². The van der Waals surface area contributed by atoms with E-state index in [2.05, 4.69) is 15.2 Å². The van der Waals surface area contributed by atoms with Gasteiger partial charge in [0.05, 0.1) is 0 Å². The summed E-state index contributed by atoms with van der Waals surface area (Å²) < 4.78 is 12.0. The van der Waals surface area contributed by atoms with Crippen molar-refractivity contribution in [3.05, 3.63) is 40.3 Å². The molecule has 0 aliphatic carbocycles. The van der Waals surface area contributed by atoms with Gasteiger partial charge in [-0.05, 0) is 31.9 Å². The molecular weight excluding hydrogens is 336 g/mol. The van der Waals surface area contributed by atoms with Crippen molar-refractivity contribution in [2.75, 3.05) is 30.1 Å². The van der Waals surface area contributed by atoms with Crippen LogP contribution in [0.3, 0.4) is 0 Å². The number of carbonyl (C=O) groups is 1. The number of nitrogens with one attached hydrogen (secondary N) is 1. The molecule has 2 aromatic rings. The Bertz CT molecular complexity index is 903. The monoisotopic (exact) mass is 356 g/mol. The molecule has 1 saturated heterocycles. The quantitative estimate of drug-likeness (QED) is 0.894. The van der Waals surface area contributed by atoms with Crippen LogP contribution in [-0.4, -0.2) is 35.3 Å². The molecular formula is C18H20N4O4. The number of anilines is 2. The number of nitrogens with zero attached hydrogens (tertiary/aromatic N) is 3. The largest absolute Gasteiger partial charge is 0.454 e. The first kappa shape index (κ1) is 16.4. The number of rotatable bonds is 4. The summed E-state index contributed by atoms with van der Waals surface area (Å²) in [6, 6.07) is 6.64. The fourth-order valence-corrected chi connectivity index (χ4v) is 3.23. The van der Waals surface area contributed by atoms with Gasteiger partial charge in [0.25, 0.3) is 5.56 Å². The van der Waals surface area contributed by atoms with Gasteiger partial charge in [0.2, 0.25) is 18.6 Å². The van der Waals surface area contributed by atoms with Crippen molar-refractivity contribution in [1.29, 1.82) is 0 Å². The molecule has 8 heteroatoms. The van der Waals surface area contributed by atoms with E-state index < -0.39 is 0 Å². The molecule has 2 aliphatic heterocycles. The maximum Gasteiger partial charge on any atom is 0.255 e. The van der Waals surface area contributed by atoms with Gasteiger partial charge < -0.3 is 19.7 Å². The molecule has 1 N–H and O–H groups in total. The number of hydrogen-bond donors (Lipinski definition) is 1. The van der Waals surface area contributed by atoms with E-state index in [0.29, 0.717) is 28.8 Å². The molecule has 136 valence electrons. The molecule has 0 radical (unpaired) electrons. The second kappa shape index (κ2) is 6.70. The van der Waals surface area contributed by atoms with Crippen LogP contribution in [0.2, 0.25) is 0 Å². The van der Waals surface area contributed by atoms with Gasteiger partial charge in [-0.1, -0.05) is 0 Å². The molecule has 3 heterocycles. The lowest BCUT2D eigenvalue weighted by Gasteiger charge is -2.21. The minimum absolute atomic E-state index is 0.0909. The van der Waals surface area contributed by atoms with E-state index in [-0.39, 0.29) is 24.8 Å². The van der Waals surface area contributed by atoms with Crippen LogP contribution < -0.4 is 25.2 Å². The van der Waals surface area contributed by atoms with Gasteiger partial charge in [0.15, 0.2) is 11.5 Å². The van der Waals surface area contributed by atoms with Crippen LogP contribution in [0.5, 0.6) is 11.5 Å². The van der Waals surface area contributed by atoms with Gasteiger partial charge in [-0.3, -0.25) is 14.2 Å². The second-order valence-electron chi connectivity index (χ2n) is 6.43. The van der Waals surface area contributed by atoms with Crippen molar-refractivity contribution >= 4 is 17.5 Å². The summed E-state index contributed by atoms with van der Waals surface area (Å²) in [5.74, 6) is 1.51. The van der Waals surface area contributed by atoms with Gasteiger partial charge >= 0.3 is 0 Å². The van der Waals surface area contributed by atoms with Crippen molar-refractivity contribution in [3.63, 3.8) is 0 Å². The lowest BCUT2D eigenvalue weighted by Crippen LogP contribution is -2.34. The van der Waals surface area contributed by atoms with Crippen LogP contribution in [0.15, 0.2) is 29.1 Å². The standard InChI is InChI=1S/C18H20N4O4/c1-12-8-17(24)22(18(19-12)21-6-2-3-7-21)10-16(23)20-13-4-5-14-15(9-13)26-11-25-14/h4-5,8-9H,2-3,6-7,10-11H2,1H3,(H,20,23). The van der Waals surface area contributed by atoms with Gasteiger partial charge in [-0.15, -0.1) is 0 Å². The average Bonchev–Trinajstić information content (AvgIpc) is 3.28. The molecule has 26 heavy (non-hydrogen) atoms. The predicted molar refractivity (Wildman–Crippen MR) is 95.9 cm³/mol. The van der Waals surface area contributed by atoms with E-state index in [0.717, 1.165) is 25.9 Å². The molecule has 1 aromatic carbocycles. The van der Waals surface area contributed by atoms with Crippen molar-refractivity contribution in [2.45, 2.75) is 26.3 Å². The number of carbonyl (C=O) groups excluding carboxylic acids is 1. The van der Waals surface area contributed by atoms with Crippen molar-refractivity contribution in [3.8, 4) is 11.5 Å². The van der Waals surface area contributed by atoms with E-state index >= 15 is 0 Å². The molecule has 0 unspecified atom stereocenters. The zero-order valence-corrected chi connectivity index (χ0v) is 14.5. The first-order valence-electron chi connectivity index (χ1n) is 8.63. The summed E-state index contributed by atoms with van der Waals surface area (Å²) in [6.07, 6.45) is 2.13. The third kappa shape index (κ3) is 3.22. The van der Waals surface area contributed by atoms with E-state index in [1.54, 1.807) is 25.1 Å². The number of ether oxygens (including phenoxy) is 2. The van der Waals surface area contributed by atoms with Gasteiger partial charge in [0, 0.05) is 36.6 Å². The minimum atomic E-state index is -0.294. The SMILES string of the molecule is Cc1cc(=O)n(CC(=O)Nc2ccc3c(c2)OCO3)c(N2CCCC2)n1. The number of aryl methyl sites for hydroxylation is 1. The van der Waals surface area contributed by atoms with Crippen LogP contribution in [-0.2, 0) is 11.3 Å². The van der Waals surface area contributed by atoms with Crippen LogP contribution in [0.1, 0.15) is 18.5 Å². The average molecular weight is 356 g/mol. The third-order valence-corrected chi connectivity index (χ3v) is 4.46. The lowest BCUT2D eigenvalue weighted by molar-refractivity contribution is -0.116. The van der Waals surface area contributed by atoms with Crippen LogP contribution in [0.25, 0.3) is 0 Å². The summed E-state index contributed by atoms with van der Waals surface area (Å²) >= 11 is 0. The Kier molecular flexibility index (Phi) is 4.24. The highest BCUT2D eigenvalue weighted by molar-refractivity contribution is 5.91. The zero-order chi connectivity index (χ0) is 18.1. The smallest absolute Gasteiger partial charge is 0.255 e.